The molecule has 0 unspecified atom stereocenters. The van der Waals surface area contributed by atoms with Crippen LogP contribution in [0.2, 0.25) is 0 Å². The Labute approximate surface area is 219 Å². The third-order valence-electron chi connectivity index (χ3n) is 5.80. The molecule has 0 spiro atoms. The maximum Gasteiger partial charge on any atom is 0.416 e. The summed E-state index contributed by atoms with van der Waals surface area (Å²) in [6.07, 6.45) is -9.65. The van der Waals surface area contributed by atoms with Gasteiger partial charge in [-0.1, -0.05) is 17.4 Å². The van der Waals surface area contributed by atoms with E-state index in [1.165, 1.54) is 4.90 Å². The van der Waals surface area contributed by atoms with Crippen LogP contribution in [0, 0.1) is 6.92 Å². The summed E-state index contributed by atoms with van der Waals surface area (Å²) >= 11 is 1.16. The molecular weight excluding hydrogens is 544 g/mol. The number of carbonyl (C=O) groups excluding carboxylic acids is 1. The van der Waals surface area contributed by atoms with Crippen LogP contribution in [0.4, 0.5) is 31.5 Å². The quantitative estimate of drug-likeness (QED) is 0.322. The molecule has 2 heterocycles. The van der Waals surface area contributed by atoms with Gasteiger partial charge in [-0.15, -0.1) is 12.4 Å². The molecule has 1 aliphatic heterocycles. The first kappa shape index (κ1) is 29.2. The summed E-state index contributed by atoms with van der Waals surface area (Å²) in [6.45, 7) is 5.11. The molecule has 1 aromatic heterocycles. The van der Waals surface area contributed by atoms with Crippen molar-refractivity contribution in [1.29, 1.82) is 0 Å². The van der Waals surface area contributed by atoms with E-state index in [4.69, 9.17) is 4.74 Å². The van der Waals surface area contributed by atoms with Crippen LogP contribution < -0.4 is 4.90 Å². The van der Waals surface area contributed by atoms with E-state index in [0.717, 1.165) is 21.6 Å². The molecule has 4 rings (SSSR count). The minimum absolute atomic E-state index is 0. The highest BCUT2D eigenvalue weighted by Crippen LogP contribution is 2.37. The average molecular weight is 568 g/mol. The summed E-state index contributed by atoms with van der Waals surface area (Å²) in [4.78, 5) is 21.2. The lowest BCUT2D eigenvalue weighted by atomic mass is 10.0. The van der Waals surface area contributed by atoms with E-state index in [0.29, 0.717) is 56.9 Å². The smallest absolute Gasteiger partial charge is 0.379 e. The second kappa shape index (κ2) is 11.5. The van der Waals surface area contributed by atoms with Gasteiger partial charge in [0.25, 0.3) is 5.91 Å². The Kier molecular flexibility index (Phi) is 9.10. The van der Waals surface area contributed by atoms with Crippen molar-refractivity contribution in [2.24, 2.45) is 0 Å². The van der Waals surface area contributed by atoms with Gasteiger partial charge >= 0.3 is 12.4 Å². The summed E-state index contributed by atoms with van der Waals surface area (Å²) in [5.74, 6) is -0.968. The molecule has 3 aromatic rings. The van der Waals surface area contributed by atoms with E-state index in [1.54, 1.807) is 6.07 Å². The van der Waals surface area contributed by atoms with Gasteiger partial charge in [-0.2, -0.15) is 26.3 Å². The van der Waals surface area contributed by atoms with Crippen LogP contribution in [0.25, 0.3) is 10.2 Å². The number of benzene rings is 2. The van der Waals surface area contributed by atoms with Crippen LogP contribution in [0.1, 0.15) is 33.5 Å². The molecule has 0 saturated carbocycles. The Hall–Kier alpha value is -2.41. The number of thiazole rings is 1. The molecule has 0 N–H and O–H groups in total. The number of alkyl halides is 6. The van der Waals surface area contributed by atoms with Gasteiger partial charge in [-0.25, -0.2) is 4.98 Å². The first-order valence-electron chi connectivity index (χ1n) is 11.2. The largest absolute Gasteiger partial charge is 0.416 e. The molecule has 202 valence electrons. The second-order valence-electron chi connectivity index (χ2n) is 8.53. The lowest BCUT2D eigenvalue weighted by Crippen LogP contribution is -2.39. The van der Waals surface area contributed by atoms with E-state index in [-0.39, 0.29) is 30.1 Å². The fraction of sp³-hybridized carbons (Fsp3) is 0.417. The number of ether oxygens (including phenoxy) is 1. The van der Waals surface area contributed by atoms with Crippen LogP contribution in [0.3, 0.4) is 0 Å². The third-order valence-corrected chi connectivity index (χ3v) is 6.84. The van der Waals surface area contributed by atoms with Crippen LogP contribution in [-0.2, 0) is 17.1 Å². The van der Waals surface area contributed by atoms with Crippen molar-refractivity contribution in [2.75, 3.05) is 44.3 Å². The maximum absolute atomic E-state index is 13.5. The van der Waals surface area contributed by atoms with Gasteiger partial charge in [0.2, 0.25) is 0 Å². The molecule has 0 radical (unpaired) electrons. The first-order valence-corrected chi connectivity index (χ1v) is 12.0. The van der Waals surface area contributed by atoms with Gasteiger partial charge in [0.05, 0.1) is 34.6 Å². The molecule has 1 fully saturated rings. The van der Waals surface area contributed by atoms with Crippen LogP contribution in [-0.4, -0.2) is 55.2 Å². The van der Waals surface area contributed by atoms with Gasteiger partial charge in [0, 0.05) is 31.7 Å². The Balaban J connectivity index is 0.00000380. The maximum atomic E-state index is 13.5. The van der Waals surface area contributed by atoms with Crippen molar-refractivity contribution in [3.05, 3.63) is 58.7 Å². The number of nitrogens with zero attached hydrogens (tertiary/aromatic N) is 3. The second-order valence-corrected chi connectivity index (χ2v) is 9.54. The number of halogens is 7. The van der Waals surface area contributed by atoms with Crippen molar-refractivity contribution in [3.8, 4) is 0 Å². The fourth-order valence-electron chi connectivity index (χ4n) is 3.93. The monoisotopic (exact) mass is 567 g/mol. The molecule has 0 bridgehead atoms. The van der Waals surface area contributed by atoms with Crippen LogP contribution in [0.15, 0.2) is 36.4 Å². The molecule has 1 aliphatic rings. The van der Waals surface area contributed by atoms with Crippen LogP contribution >= 0.6 is 23.7 Å². The number of aromatic nitrogens is 1. The van der Waals surface area contributed by atoms with Crippen LogP contribution in [0.5, 0.6) is 0 Å². The van der Waals surface area contributed by atoms with E-state index in [9.17, 15) is 31.1 Å². The number of rotatable bonds is 6. The van der Waals surface area contributed by atoms with Crippen molar-refractivity contribution in [1.82, 2.24) is 9.88 Å². The summed E-state index contributed by atoms with van der Waals surface area (Å²) in [7, 11) is 0. The van der Waals surface area contributed by atoms with Crippen molar-refractivity contribution in [2.45, 2.75) is 25.7 Å². The van der Waals surface area contributed by atoms with E-state index >= 15 is 0 Å². The van der Waals surface area contributed by atoms with E-state index in [2.05, 4.69) is 9.88 Å². The minimum Gasteiger partial charge on any atom is -0.379 e. The van der Waals surface area contributed by atoms with E-state index < -0.39 is 35.0 Å². The Morgan fingerprint density at radius 3 is 2.24 bits per heavy atom. The zero-order chi connectivity index (χ0) is 26.1. The minimum atomic E-state index is -5.05. The molecule has 13 heteroatoms. The zero-order valence-corrected chi connectivity index (χ0v) is 21.3. The topological polar surface area (TPSA) is 45.7 Å². The van der Waals surface area contributed by atoms with Crippen molar-refractivity contribution < 1.29 is 35.9 Å². The Morgan fingerprint density at radius 2 is 1.65 bits per heavy atom. The summed E-state index contributed by atoms with van der Waals surface area (Å²) in [6, 6.07) is 6.39. The predicted octanol–water partition coefficient (Wildman–Crippen LogP) is 6.43. The summed E-state index contributed by atoms with van der Waals surface area (Å²) in [5.41, 5.74) is -2.22. The highest BCUT2D eigenvalue weighted by Gasteiger charge is 2.38. The highest BCUT2D eigenvalue weighted by atomic mass is 35.5. The normalized spacial score (nSPS) is 15.0. The first-order chi connectivity index (χ1) is 16.9. The number of morpholine rings is 1. The highest BCUT2D eigenvalue weighted by molar-refractivity contribution is 7.22. The van der Waals surface area contributed by atoms with Crippen molar-refractivity contribution in [3.63, 3.8) is 0 Å². The van der Waals surface area contributed by atoms with Gasteiger partial charge in [-0.3, -0.25) is 14.6 Å². The molecule has 2 aromatic carbocycles. The van der Waals surface area contributed by atoms with Gasteiger partial charge in [0.15, 0.2) is 5.13 Å². The predicted molar refractivity (Wildman–Crippen MR) is 132 cm³/mol. The third kappa shape index (κ3) is 7.13. The molecule has 1 saturated heterocycles. The number of aryl methyl sites for hydroxylation is 1. The molecule has 37 heavy (non-hydrogen) atoms. The Morgan fingerprint density at radius 1 is 1.03 bits per heavy atom. The van der Waals surface area contributed by atoms with Crippen molar-refractivity contribution >= 4 is 45.0 Å². The lowest BCUT2D eigenvalue weighted by Gasteiger charge is -2.28. The number of carbonyl (C=O) groups is 1. The fourth-order valence-corrected chi connectivity index (χ4v) is 5.02. The number of anilines is 1. The molecule has 0 atom stereocenters. The molecule has 1 amide bonds. The summed E-state index contributed by atoms with van der Waals surface area (Å²) in [5, 5.41) is 0.216. The average Bonchev–Trinajstić information content (AvgIpc) is 3.23. The standard InChI is InChI=1S/C24H23F6N3O2S.ClH/c1-15-3-4-19-20(11-15)36-22(31-19)33(6-2-5-32-7-9-35-10-8-32)21(34)16-12-17(23(25,26)27)14-18(13-16)24(28,29)30;/h3-4,11-14H,2,5-10H2,1H3;1H. The van der Waals surface area contributed by atoms with E-state index in [1.807, 2.05) is 19.1 Å². The SMILES string of the molecule is Cc1ccc2nc(N(CCCN3CCOCC3)C(=O)c3cc(C(F)(F)F)cc(C(F)(F)F)c3)sc2c1.Cl. The van der Waals surface area contributed by atoms with Gasteiger partial charge < -0.3 is 4.74 Å². The number of amides is 1. The number of fused-ring (bicyclic) bond motifs is 1. The number of hydrogen-bond acceptors (Lipinski definition) is 5. The zero-order valence-electron chi connectivity index (χ0n) is 19.7. The number of hydrogen-bond donors (Lipinski definition) is 0. The molecular formula is C24H24ClF6N3O2S. The Bertz CT molecular complexity index is 1210. The molecule has 5 nitrogen and oxygen atoms in total. The van der Waals surface area contributed by atoms with Gasteiger partial charge in [-0.05, 0) is 49.2 Å². The summed E-state index contributed by atoms with van der Waals surface area (Å²) < 4.78 is 86.4. The lowest BCUT2D eigenvalue weighted by molar-refractivity contribution is -0.143. The molecule has 0 aliphatic carbocycles. The van der Waals surface area contributed by atoms with Gasteiger partial charge in [0.1, 0.15) is 0 Å².